The zero-order valence-electron chi connectivity index (χ0n) is 15.5. The molecule has 9 heteroatoms. The fraction of sp³-hybridized carbons (Fsp3) is 0.421. The van der Waals surface area contributed by atoms with Crippen LogP contribution in [0, 0.1) is 4.77 Å². The third-order valence-electron chi connectivity index (χ3n) is 5.00. The SMILES string of the molecule is O=C(Cn1c(-c2cccs2)n[nH]c1=S)NC[C@@H](c1ccco1)N1CCCCC1. The Morgan fingerprint density at radius 1 is 1.32 bits per heavy atom. The van der Waals surface area contributed by atoms with Crippen molar-refractivity contribution in [3.05, 3.63) is 46.4 Å². The van der Waals surface area contributed by atoms with E-state index in [4.69, 9.17) is 16.6 Å². The molecule has 1 saturated heterocycles. The van der Waals surface area contributed by atoms with Gasteiger partial charge in [0.05, 0.1) is 17.2 Å². The lowest BCUT2D eigenvalue weighted by atomic mass is 10.1. The molecule has 0 bridgehead atoms. The molecule has 1 atom stereocenters. The average molecular weight is 418 g/mol. The van der Waals surface area contributed by atoms with Crippen LogP contribution in [0.2, 0.25) is 0 Å². The summed E-state index contributed by atoms with van der Waals surface area (Å²) in [6.07, 6.45) is 5.31. The van der Waals surface area contributed by atoms with E-state index in [0.717, 1.165) is 23.7 Å². The number of nitrogens with zero attached hydrogens (tertiary/aromatic N) is 3. The Morgan fingerprint density at radius 3 is 2.89 bits per heavy atom. The van der Waals surface area contributed by atoms with Gasteiger partial charge >= 0.3 is 0 Å². The second kappa shape index (κ2) is 8.85. The van der Waals surface area contributed by atoms with Gasteiger partial charge in [-0.05, 0) is 61.7 Å². The summed E-state index contributed by atoms with van der Waals surface area (Å²) in [5, 5.41) is 12.1. The van der Waals surface area contributed by atoms with Gasteiger partial charge in [-0.1, -0.05) is 12.5 Å². The highest BCUT2D eigenvalue weighted by Gasteiger charge is 2.25. The number of rotatable bonds is 7. The first-order valence-corrected chi connectivity index (χ1v) is 10.7. The van der Waals surface area contributed by atoms with Gasteiger partial charge in [0, 0.05) is 6.54 Å². The number of likely N-dealkylation sites (tertiary alicyclic amines) is 1. The van der Waals surface area contributed by atoms with Crippen LogP contribution >= 0.6 is 23.6 Å². The number of carbonyl (C=O) groups excluding carboxylic acids is 1. The molecule has 3 aromatic heterocycles. The van der Waals surface area contributed by atoms with Crippen molar-refractivity contribution in [1.82, 2.24) is 25.0 Å². The number of thiophene rings is 1. The number of piperidine rings is 1. The molecule has 0 spiro atoms. The zero-order valence-corrected chi connectivity index (χ0v) is 17.1. The Kier molecular flexibility index (Phi) is 6.04. The highest BCUT2D eigenvalue weighted by Crippen LogP contribution is 2.25. The Morgan fingerprint density at radius 2 is 2.18 bits per heavy atom. The Hall–Kier alpha value is -2.23. The van der Waals surface area contributed by atoms with Gasteiger partial charge in [0.2, 0.25) is 5.91 Å². The number of carbonyl (C=O) groups is 1. The predicted molar refractivity (Wildman–Crippen MR) is 111 cm³/mol. The van der Waals surface area contributed by atoms with Crippen molar-refractivity contribution in [2.45, 2.75) is 31.8 Å². The molecule has 1 aliphatic rings. The lowest BCUT2D eigenvalue weighted by Gasteiger charge is -2.33. The first-order chi connectivity index (χ1) is 13.7. The molecule has 4 rings (SSSR count). The summed E-state index contributed by atoms with van der Waals surface area (Å²) in [4.78, 5) is 16.0. The van der Waals surface area contributed by atoms with E-state index in [1.54, 1.807) is 22.2 Å². The van der Waals surface area contributed by atoms with Crippen LogP contribution in [0.5, 0.6) is 0 Å². The van der Waals surface area contributed by atoms with Crippen molar-refractivity contribution in [1.29, 1.82) is 0 Å². The molecule has 0 aliphatic carbocycles. The first kappa shape index (κ1) is 19.1. The van der Waals surface area contributed by atoms with Gasteiger partial charge in [0.25, 0.3) is 0 Å². The van der Waals surface area contributed by atoms with Crippen LogP contribution < -0.4 is 5.32 Å². The highest BCUT2D eigenvalue weighted by atomic mass is 32.1. The topological polar surface area (TPSA) is 79.1 Å². The average Bonchev–Trinajstić information content (AvgIpc) is 3.47. The van der Waals surface area contributed by atoms with Crippen molar-refractivity contribution < 1.29 is 9.21 Å². The highest BCUT2D eigenvalue weighted by molar-refractivity contribution is 7.71. The van der Waals surface area contributed by atoms with E-state index in [1.807, 2.05) is 29.6 Å². The number of aromatic amines is 1. The van der Waals surface area contributed by atoms with Crippen molar-refractivity contribution in [2.75, 3.05) is 19.6 Å². The van der Waals surface area contributed by atoms with E-state index in [0.29, 0.717) is 17.1 Å². The first-order valence-electron chi connectivity index (χ1n) is 9.45. The van der Waals surface area contributed by atoms with Crippen LogP contribution in [-0.2, 0) is 11.3 Å². The molecule has 4 heterocycles. The summed E-state index contributed by atoms with van der Waals surface area (Å²) >= 11 is 6.88. The molecule has 148 valence electrons. The smallest absolute Gasteiger partial charge is 0.240 e. The minimum atomic E-state index is -0.0936. The second-order valence-electron chi connectivity index (χ2n) is 6.85. The van der Waals surface area contributed by atoms with Gasteiger partial charge in [-0.15, -0.1) is 11.3 Å². The lowest BCUT2D eigenvalue weighted by molar-refractivity contribution is -0.122. The number of hydrogen-bond acceptors (Lipinski definition) is 6. The Labute approximate surface area is 172 Å². The molecule has 0 saturated carbocycles. The van der Waals surface area contributed by atoms with E-state index < -0.39 is 0 Å². The van der Waals surface area contributed by atoms with Crippen molar-refractivity contribution in [2.24, 2.45) is 0 Å². The van der Waals surface area contributed by atoms with E-state index in [1.165, 1.54) is 19.3 Å². The summed E-state index contributed by atoms with van der Waals surface area (Å²) in [5.41, 5.74) is 0. The maximum atomic E-state index is 12.7. The van der Waals surface area contributed by atoms with E-state index in [9.17, 15) is 4.79 Å². The molecular formula is C19H23N5O2S2. The molecule has 0 unspecified atom stereocenters. The maximum Gasteiger partial charge on any atom is 0.240 e. The van der Waals surface area contributed by atoms with Crippen molar-refractivity contribution in [3.8, 4) is 10.7 Å². The third kappa shape index (κ3) is 4.26. The van der Waals surface area contributed by atoms with Gasteiger partial charge in [-0.25, -0.2) is 0 Å². The lowest BCUT2D eigenvalue weighted by Crippen LogP contribution is -2.41. The minimum absolute atomic E-state index is 0.0494. The number of H-pyrrole nitrogens is 1. The Bertz CT molecular complexity index is 940. The van der Waals surface area contributed by atoms with Gasteiger partial charge in [-0.3, -0.25) is 19.4 Å². The molecule has 2 N–H and O–H groups in total. The summed E-state index contributed by atoms with van der Waals surface area (Å²) in [6, 6.07) is 7.84. The third-order valence-corrected chi connectivity index (χ3v) is 6.17. The molecular weight excluding hydrogens is 394 g/mol. The van der Waals surface area contributed by atoms with E-state index >= 15 is 0 Å². The quantitative estimate of drug-likeness (QED) is 0.574. The van der Waals surface area contributed by atoms with Crippen LogP contribution in [0.15, 0.2) is 40.3 Å². The fourth-order valence-electron chi connectivity index (χ4n) is 3.59. The normalized spacial score (nSPS) is 16.1. The molecule has 0 aromatic carbocycles. The molecule has 3 aromatic rings. The summed E-state index contributed by atoms with van der Waals surface area (Å²) < 4.78 is 7.82. The molecule has 1 fully saturated rings. The van der Waals surface area contributed by atoms with Gasteiger partial charge in [-0.2, -0.15) is 5.10 Å². The van der Waals surface area contributed by atoms with Crippen molar-refractivity contribution >= 4 is 29.5 Å². The van der Waals surface area contributed by atoms with Gasteiger partial charge in [0.15, 0.2) is 10.6 Å². The monoisotopic (exact) mass is 417 g/mol. The number of amides is 1. The summed E-state index contributed by atoms with van der Waals surface area (Å²) in [7, 11) is 0. The number of furan rings is 1. The Balaban J connectivity index is 1.43. The van der Waals surface area contributed by atoms with E-state index in [-0.39, 0.29) is 18.5 Å². The van der Waals surface area contributed by atoms with Crippen LogP contribution in [-0.4, -0.2) is 45.2 Å². The van der Waals surface area contributed by atoms with Crippen LogP contribution in [0.3, 0.4) is 0 Å². The second-order valence-corrected chi connectivity index (χ2v) is 8.18. The molecule has 28 heavy (non-hydrogen) atoms. The number of nitrogens with one attached hydrogen (secondary N) is 2. The fourth-order valence-corrected chi connectivity index (χ4v) is 4.51. The molecule has 1 amide bonds. The van der Waals surface area contributed by atoms with E-state index in [2.05, 4.69) is 20.4 Å². The molecule has 7 nitrogen and oxygen atoms in total. The predicted octanol–water partition coefficient (Wildman–Crippen LogP) is 3.61. The van der Waals surface area contributed by atoms with Crippen molar-refractivity contribution in [3.63, 3.8) is 0 Å². The molecule has 0 radical (unpaired) electrons. The summed E-state index contributed by atoms with van der Waals surface area (Å²) in [6.45, 7) is 2.69. The van der Waals surface area contributed by atoms with Gasteiger partial charge < -0.3 is 9.73 Å². The number of hydrogen-bond donors (Lipinski definition) is 2. The molecule has 1 aliphatic heterocycles. The maximum absolute atomic E-state index is 12.7. The standard InChI is InChI=1S/C19H23N5O2S2/c25-17(13-24-18(21-22-19(24)27)16-7-5-11-28-16)20-12-14(15-6-4-10-26-15)23-8-2-1-3-9-23/h4-7,10-11,14H,1-3,8-9,12-13H2,(H,20,25)(H,22,27)/t14-/m0/s1. The largest absolute Gasteiger partial charge is 0.468 e. The number of aromatic nitrogens is 3. The minimum Gasteiger partial charge on any atom is -0.468 e. The van der Waals surface area contributed by atoms with Crippen LogP contribution in [0.25, 0.3) is 10.7 Å². The van der Waals surface area contributed by atoms with Gasteiger partial charge in [0.1, 0.15) is 12.3 Å². The zero-order chi connectivity index (χ0) is 19.3. The van der Waals surface area contributed by atoms with Crippen LogP contribution in [0.1, 0.15) is 31.1 Å². The summed E-state index contributed by atoms with van der Waals surface area (Å²) in [5.74, 6) is 1.49. The van der Waals surface area contributed by atoms with Crippen LogP contribution in [0.4, 0.5) is 0 Å².